The van der Waals surface area contributed by atoms with Crippen molar-refractivity contribution >= 4 is 29.3 Å². The average molecular weight is 274 g/mol. The van der Waals surface area contributed by atoms with Gasteiger partial charge >= 0.3 is 0 Å². The van der Waals surface area contributed by atoms with Crippen molar-refractivity contribution in [2.75, 3.05) is 12.9 Å². The van der Waals surface area contributed by atoms with E-state index in [1.165, 1.54) is 0 Å². The molecule has 0 aliphatic carbocycles. The molecule has 1 amide bonds. The van der Waals surface area contributed by atoms with E-state index in [4.69, 9.17) is 16.4 Å². The molecular weight excluding hydrogens is 258 g/mol. The number of benzene rings is 1. The minimum Gasteiger partial charge on any atom is -0.273 e. The first-order valence-electron chi connectivity index (χ1n) is 5.30. The first-order chi connectivity index (χ1) is 8.04. The summed E-state index contributed by atoms with van der Waals surface area (Å²) in [6.07, 6.45) is 1.94. The number of hydrogen-bond donors (Lipinski definition) is 1. The van der Waals surface area contributed by atoms with Crippen LogP contribution < -0.4 is 5.48 Å². The monoisotopic (exact) mass is 273 g/mol. The molecule has 0 aliphatic rings. The summed E-state index contributed by atoms with van der Waals surface area (Å²) >= 11 is 7.52. The van der Waals surface area contributed by atoms with Crippen LogP contribution in [0.5, 0.6) is 0 Å². The largest absolute Gasteiger partial charge is 0.276 e. The Morgan fingerprint density at radius 1 is 1.53 bits per heavy atom. The van der Waals surface area contributed by atoms with Gasteiger partial charge in [0.1, 0.15) is 0 Å². The van der Waals surface area contributed by atoms with Gasteiger partial charge in [-0.3, -0.25) is 9.63 Å². The molecule has 0 saturated carbocycles. The molecule has 0 spiro atoms. The molecular formula is C12H16ClNO2S. The molecule has 1 aromatic carbocycles. The van der Waals surface area contributed by atoms with Crippen molar-refractivity contribution in [3.8, 4) is 0 Å². The Morgan fingerprint density at radius 2 is 2.24 bits per heavy atom. The normalized spacial score (nSPS) is 10.6. The van der Waals surface area contributed by atoms with Crippen molar-refractivity contribution in [1.82, 2.24) is 5.48 Å². The lowest BCUT2D eigenvalue weighted by Crippen LogP contribution is -2.25. The molecule has 94 valence electrons. The summed E-state index contributed by atoms with van der Waals surface area (Å²) in [5.74, 6) is 0.0508. The third-order valence-corrected chi connectivity index (χ3v) is 3.05. The van der Waals surface area contributed by atoms with Crippen LogP contribution in [0.3, 0.4) is 0 Å². The molecule has 0 fully saturated rings. The van der Waals surface area contributed by atoms with E-state index in [0.29, 0.717) is 23.1 Å². The van der Waals surface area contributed by atoms with Gasteiger partial charge in [0.25, 0.3) is 5.91 Å². The van der Waals surface area contributed by atoms with Crippen LogP contribution in [0.2, 0.25) is 5.02 Å². The van der Waals surface area contributed by atoms with Gasteiger partial charge in [-0.05, 0) is 30.4 Å². The van der Waals surface area contributed by atoms with Gasteiger partial charge in [0, 0.05) is 4.90 Å². The second kappa shape index (κ2) is 6.89. The van der Waals surface area contributed by atoms with Crippen LogP contribution in [0.15, 0.2) is 23.1 Å². The highest BCUT2D eigenvalue weighted by Crippen LogP contribution is 2.22. The van der Waals surface area contributed by atoms with Gasteiger partial charge in [0.15, 0.2) is 0 Å². The third-order valence-electron chi connectivity index (χ3n) is 2.00. The van der Waals surface area contributed by atoms with E-state index in [2.05, 4.69) is 5.48 Å². The Balaban J connectivity index is 2.67. The molecule has 5 heteroatoms. The molecule has 1 N–H and O–H groups in total. The van der Waals surface area contributed by atoms with Crippen LogP contribution in [0.4, 0.5) is 0 Å². The van der Waals surface area contributed by atoms with Crippen LogP contribution in [0, 0.1) is 5.92 Å². The topological polar surface area (TPSA) is 38.3 Å². The molecule has 0 bridgehead atoms. The highest BCUT2D eigenvalue weighted by molar-refractivity contribution is 7.98. The minimum atomic E-state index is -0.313. The number of halogens is 1. The lowest BCUT2D eigenvalue weighted by molar-refractivity contribution is 0.0208. The van der Waals surface area contributed by atoms with E-state index in [1.807, 2.05) is 26.2 Å². The molecule has 0 aromatic heterocycles. The number of carbonyl (C=O) groups is 1. The van der Waals surface area contributed by atoms with Crippen LogP contribution in [-0.4, -0.2) is 18.8 Å². The Labute approximate surface area is 111 Å². The summed E-state index contributed by atoms with van der Waals surface area (Å²) in [6, 6.07) is 5.34. The number of amides is 1. The van der Waals surface area contributed by atoms with E-state index in [0.717, 1.165) is 4.90 Å². The zero-order chi connectivity index (χ0) is 12.8. The molecule has 3 nitrogen and oxygen atoms in total. The molecule has 17 heavy (non-hydrogen) atoms. The van der Waals surface area contributed by atoms with Crippen LogP contribution in [0.25, 0.3) is 0 Å². The molecule has 1 rings (SSSR count). The van der Waals surface area contributed by atoms with Crippen molar-refractivity contribution in [3.63, 3.8) is 0 Å². The van der Waals surface area contributed by atoms with E-state index < -0.39 is 0 Å². The second-order valence-corrected chi connectivity index (χ2v) is 5.27. The molecule has 0 unspecified atom stereocenters. The van der Waals surface area contributed by atoms with Crippen molar-refractivity contribution in [3.05, 3.63) is 28.8 Å². The first-order valence-corrected chi connectivity index (χ1v) is 6.90. The number of carbonyl (C=O) groups excluding carboxylic acids is 1. The second-order valence-electron chi connectivity index (χ2n) is 3.98. The van der Waals surface area contributed by atoms with Gasteiger partial charge in [-0.25, -0.2) is 5.48 Å². The highest BCUT2D eigenvalue weighted by atomic mass is 35.5. The van der Waals surface area contributed by atoms with Crippen molar-refractivity contribution in [1.29, 1.82) is 0 Å². The van der Waals surface area contributed by atoms with E-state index in [1.54, 1.807) is 23.9 Å². The fraction of sp³-hybridized carbons (Fsp3) is 0.417. The quantitative estimate of drug-likeness (QED) is 0.660. The third kappa shape index (κ3) is 4.58. The summed E-state index contributed by atoms with van der Waals surface area (Å²) in [5.41, 5.74) is 2.82. The van der Waals surface area contributed by atoms with Crippen molar-refractivity contribution in [2.45, 2.75) is 18.7 Å². The lowest BCUT2D eigenvalue weighted by Gasteiger charge is -2.09. The average Bonchev–Trinajstić information content (AvgIpc) is 2.29. The Bertz CT molecular complexity index is 396. The number of hydrogen-bond acceptors (Lipinski definition) is 3. The lowest BCUT2D eigenvalue weighted by atomic mass is 10.2. The number of nitrogens with one attached hydrogen (secondary N) is 1. The summed E-state index contributed by atoms with van der Waals surface area (Å²) in [7, 11) is 0. The van der Waals surface area contributed by atoms with Crippen molar-refractivity contribution in [2.24, 2.45) is 5.92 Å². The molecule has 0 heterocycles. The smallest absolute Gasteiger partial charge is 0.273 e. The fourth-order valence-electron chi connectivity index (χ4n) is 1.13. The van der Waals surface area contributed by atoms with Gasteiger partial charge < -0.3 is 0 Å². The zero-order valence-electron chi connectivity index (χ0n) is 10.1. The predicted octanol–water partition coefficient (Wildman–Crippen LogP) is 3.38. The van der Waals surface area contributed by atoms with Crippen molar-refractivity contribution < 1.29 is 9.63 Å². The zero-order valence-corrected chi connectivity index (χ0v) is 11.7. The van der Waals surface area contributed by atoms with Crippen LogP contribution in [0.1, 0.15) is 24.2 Å². The molecule has 0 atom stereocenters. The predicted molar refractivity (Wildman–Crippen MR) is 71.5 cm³/mol. The number of thioether (sulfide) groups is 1. The number of rotatable bonds is 5. The van der Waals surface area contributed by atoms with E-state index in [-0.39, 0.29) is 5.91 Å². The Kier molecular flexibility index (Phi) is 5.82. The first kappa shape index (κ1) is 14.4. The maximum Gasteiger partial charge on any atom is 0.276 e. The Morgan fingerprint density at radius 3 is 2.82 bits per heavy atom. The van der Waals surface area contributed by atoms with Gasteiger partial charge in [0.2, 0.25) is 0 Å². The summed E-state index contributed by atoms with van der Waals surface area (Å²) < 4.78 is 0. The van der Waals surface area contributed by atoms with Crippen LogP contribution in [-0.2, 0) is 4.84 Å². The maximum atomic E-state index is 11.8. The van der Waals surface area contributed by atoms with Crippen LogP contribution >= 0.6 is 23.4 Å². The fourth-order valence-corrected chi connectivity index (χ4v) is 1.78. The van der Waals surface area contributed by atoms with Gasteiger partial charge in [-0.15, -0.1) is 11.8 Å². The SMILES string of the molecule is CSc1ccc(Cl)c(C(=O)NOCC(C)C)c1. The van der Waals surface area contributed by atoms with Gasteiger partial charge in [-0.2, -0.15) is 0 Å². The summed E-state index contributed by atoms with van der Waals surface area (Å²) in [5, 5.41) is 0.424. The van der Waals surface area contributed by atoms with Gasteiger partial charge in [0.05, 0.1) is 17.2 Å². The number of hydroxylamine groups is 1. The minimum absolute atomic E-state index is 0.313. The molecule has 0 saturated heterocycles. The summed E-state index contributed by atoms with van der Waals surface area (Å²) in [4.78, 5) is 17.8. The van der Waals surface area contributed by atoms with E-state index in [9.17, 15) is 4.79 Å². The Hall–Kier alpha value is -0.710. The standard InChI is InChI=1S/C12H16ClNO2S/c1-8(2)7-16-14-12(15)10-6-9(17-3)4-5-11(10)13/h4-6,8H,7H2,1-3H3,(H,14,15). The molecule has 1 aromatic rings. The molecule has 0 radical (unpaired) electrons. The molecule has 0 aliphatic heterocycles. The summed E-state index contributed by atoms with van der Waals surface area (Å²) in [6.45, 7) is 4.49. The maximum absolute atomic E-state index is 11.8. The van der Waals surface area contributed by atoms with Gasteiger partial charge in [-0.1, -0.05) is 25.4 Å². The van der Waals surface area contributed by atoms with E-state index >= 15 is 0 Å². The highest BCUT2D eigenvalue weighted by Gasteiger charge is 2.11.